The summed E-state index contributed by atoms with van der Waals surface area (Å²) in [4.78, 5) is 4.22. The van der Waals surface area contributed by atoms with Crippen LogP contribution in [-0.2, 0) is 4.74 Å². The van der Waals surface area contributed by atoms with Crippen LogP contribution in [0.5, 0.6) is 0 Å². The van der Waals surface area contributed by atoms with Crippen LogP contribution in [0.25, 0.3) is 0 Å². The van der Waals surface area contributed by atoms with E-state index in [2.05, 4.69) is 26.2 Å². The van der Waals surface area contributed by atoms with Crippen molar-refractivity contribution in [3.05, 3.63) is 22.8 Å². The van der Waals surface area contributed by atoms with Crippen molar-refractivity contribution >= 4 is 21.7 Å². The summed E-state index contributed by atoms with van der Waals surface area (Å²) in [5.41, 5.74) is 0. The molecule has 0 saturated heterocycles. The molecule has 72 valence electrons. The van der Waals surface area contributed by atoms with Crippen LogP contribution in [0.1, 0.15) is 6.92 Å². The molecule has 1 heterocycles. The van der Waals surface area contributed by atoms with E-state index < -0.39 is 0 Å². The van der Waals surface area contributed by atoms with Gasteiger partial charge >= 0.3 is 0 Å². The summed E-state index contributed by atoms with van der Waals surface area (Å²) in [7, 11) is 0. The fourth-order valence-corrected chi connectivity index (χ4v) is 1.25. The molecule has 0 amide bonds. The molecule has 0 aliphatic carbocycles. The lowest BCUT2D eigenvalue weighted by atomic mass is 10.4. The Hall–Kier alpha value is -0.610. The van der Waals surface area contributed by atoms with Gasteiger partial charge in [0, 0.05) is 13.2 Å². The van der Waals surface area contributed by atoms with Gasteiger partial charge in [0.15, 0.2) is 0 Å². The van der Waals surface area contributed by atoms with Crippen LogP contribution >= 0.6 is 15.9 Å². The van der Waals surface area contributed by atoms with Crippen LogP contribution in [0.3, 0.4) is 0 Å². The zero-order valence-electron chi connectivity index (χ0n) is 7.59. The van der Waals surface area contributed by atoms with Crippen LogP contribution in [0.2, 0.25) is 0 Å². The van der Waals surface area contributed by atoms with Crippen LogP contribution in [-0.4, -0.2) is 24.7 Å². The van der Waals surface area contributed by atoms with Gasteiger partial charge in [-0.25, -0.2) is 4.98 Å². The number of halogens is 1. The SMILES string of the molecule is CCOCCNc1cccc(Br)n1. The fourth-order valence-electron chi connectivity index (χ4n) is 0.902. The lowest BCUT2D eigenvalue weighted by molar-refractivity contribution is 0.158. The van der Waals surface area contributed by atoms with Gasteiger partial charge in [-0.1, -0.05) is 6.07 Å². The van der Waals surface area contributed by atoms with Crippen molar-refractivity contribution in [3.63, 3.8) is 0 Å². The first-order valence-corrected chi connectivity index (χ1v) is 5.06. The number of ether oxygens (including phenoxy) is 1. The molecule has 0 radical (unpaired) electrons. The van der Waals surface area contributed by atoms with E-state index in [0.717, 1.165) is 23.6 Å². The molecular formula is C9H13BrN2O. The standard InChI is InChI=1S/C9H13BrN2O/c1-2-13-7-6-11-9-5-3-4-8(10)12-9/h3-5H,2,6-7H2,1H3,(H,11,12). The second-order valence-electron chi connectivity index (χ2n) is 2.47. The third-order valence-corrected chi connectivity index (χ3v) is 1.91. The molecule has 0 spiro atoms. The average Bonchev–Trinajstić information content (AvgIpc) is 2.13. The smallest absolute Gasteiger partial charge is 0.127 e. The van der Waals surface area contributed by atoms with Gasteiger partial charge in [0.1, 0.15) is 10.4 Å². The van der Waals surface area contributed by atoms with E-state index in [-0.39, 0.29) is 0 Å². The van der Waals surface area contributed by atoms with Crippen molar-refractivity contribution in [2.75, 3.05) is 25.1 Å². The maximum atomic E-state index is 5.18. The largest absolute Gasteiger partial charge is 0.380 e. The Morgan fingerprint density at radius 2 is 2.38 bits per heavy atom. The third-order valence-electron chi connectivity index (χ3n) is 1.47. The Morgan fingerprint density at radius 3 is 3.08 bits per heavy atom. The van der Waals surface area contributed by atoms with E-state index >= 15 is 0 Å². The molecule has 1 aromatic rings. The lowest BCUT2D eigenvalue weighted by Crippen LogP contribution is -2.09. The molecule has 4 heteroatoms. The van der Waals surface area contributed by atoms with Gasteiger partial charge in [-0.2, -0.15) is 0 Å². The van der Waals surface area contributed by atoms with Crippen LogP contribution in [0.4, 0.5) is 5.82 Å². The highest BCUT2D eigenvalue weighted by molar-refractivity contribution is 9.10. The number of pyridine rings is 1. The molecule has 0 unspecified atom stereocenters. The number of anilines is 1. The summed E-state index contributed by atoms with van der Waals surface area (Å²) in [6.07, 6.45) is 0. The molecule has 0 fully saturated rings. The third kappa shape index (κ3) is 4.24. The maximum absolute atomic E-state index is 5.18. The summed E-state index contributed by atoms with van der Waals surface area (Å²) in [5.74, 6) is 0.870. The van der Waals surface area contributed by atoms with E-state index in [1.165, 1.54) is 0 Å². The Morgan fingerprint density at radius 1 is 1.54 bits per heavy atom. The number of rotatable bonds is 5. The van der Waals surface area contributed by atoms with Gasteiger partial charge < -0.3 is 10.1 Å². The average molecular weight is 245 g/mol. The zero-order valence-corrected chi connectivity index (χ0v) is 9.17. The highest BCUT2D eigenvalue weighted by Crippen LogP contribution is 2.09. The van der Waals surface area contributed by atoms with E-state index in [9.17, 15) is 0 Å². The van der Waals surface area contributed by atoms with Gasteiger partial charge in [-0.05, 0) is 35.0 Å². The first kappa shape index (κ1) is 10.5. The van der Waals surface area contributed by atoms with E-state index in [0.29, 0.717) is 6.61 Å². The van der Waals surface area contributed by atoms with Gasteiger partial charge in [-0.3, -0.25) is 0 Å². The van der Waals surface area contributed by atoms with Crippen molar-refractivity contribution in [2.45, 2.75) is 6.92 Å². The predicted molar refractivity (Wildman–Crippen MR) is 56.9 cm³/mol. The molecule has 1 N–H and O–H groups in total. The maximum Gasteiger partial charge on any atom is 0.127 e. The normalized spacial score (nSPS) is 10.0. The monoisotopic (exact) mass is 244 g/mol. The second kappa shape index (κ2) is 5.94. The first-order valence-electron chi connectivity index (χ1n) is 4.27. The molecule has 0 aliphatic heterocycles. The molecular weight excluding hydrogens is 232 g/mol. The summed E-state index contributed by atoms with van der Waals surface area (Å²) in [5, 5.41) is 3.15. The minimum absolute atomic E-state index is 0.713. The lowest BCUT2D eigenvalue weighted by Gasteiger charge is -2.05. The van der Waals surface area contributed by atoms with E-state index in [4.69, 9.17) is 4.74 Å². The number of aromatic nitrogens is 1. The Kier molecular flexibility index (Phi) is 4.78. The van der Waals surface area contributed by atoms with Gasteiger partial charge in [0.2, 0.25) is 0 Å². The molecule has 0 saturated carbocycles. The second-order valence-corrected chi connectivity index (χ2v) is 3.28. The van der Waals surface area contributed by atoms with Crippen molar-refractivity contribution in [1.82, 2.24) is 4.98 Å². The number of hydrogen-bond donors (Lipinski definition) is 1. The Balaban J connectivity index is 2.28. The van der Waals surface area contributed by atoms with Gasteiger partial charge in [0.05, 0.1) is 6.61 Å². The summed E-state index contributed by atoms with van der Waals surface area (Å²) < 4.78 is 6.03. The van der Waals surface area contributed by atoms with Gasteiger partial charge in [0.25, 0.3) is 0 Å². The molecule has 1 aromatic heterocycles. The number of nitrogens with zero attached hydrogens (tertiary/aromatic N) is 1. The Bertz CT molecular complexity index is 255. The van der Waals surface area contributed by atoms with E-state index in [1.807, 2.05) is 25.1 Å². The quantitative estimate of drug-likeness (QED) is 0.638. The molecule has 1 rings (SSSR count). The zero-order chi connectivity index (χ0) is 9.52. The van der Waals surface area contributed by atoms with Gasteiger partial charge in [-0.15, -0.1) is 0 Å². The minimum Gasteiger partial charge on any atom is -0.380 e. The molecule has 0 aromatic carbocycles. The number of hydrogen-bond acceptors (Lipinski definition) is 3. The fraction of sp³-hybridized carbons (Fsp3) is 0.444. The van der Waals surface area contributed by atoms with Crippen molar-refractivity contribution < 1.29 is 4.74 Å². The summed E-state index contributed by atoms with van der Waals surface area (Å²) in [6.45, 7) is 4.24. The first-order chi connectivity index (χ1) is 6.33. The van der Waals surface area contributed by atoms with Crippen molar-refractivity contribution in [3.8, 4) is 0 Å². The van der Waals surface area contributed by atoms with Crippen LogP contribution in [0, 0.1) is 0 Å². The molecule has 0 bridgehead atoms. The highest BCUT2D eigenvalue weighted by atomic mass is 79.9. The Labute approximate surface area is 86.6 Å². The van der Waals surface area contributed by atoms with Crippen LogP contribution in [0.15, 0.2) is 22.8 Å². The molecule has 13 heavy (non-hydrogen) atoms. The predicted octanol–water partition coefficient (Wildman–Crippen LogP) is 2.29. The van der Waals surface area contributed by atoms with Crippen molar-refractivity contribution in [2.24, 2.45) is 0 Å². The molecule has 3 nitrogen and oxygen atoms in total. The summed E-state index contributed by atoms with van der Waals surface area (Å²) in [6, 6.07) is 5.77. The van der Waals surface area contributed by atoms with Crippen molar-refractivity contribution in [1.29, 1.82) is 0 Å². The topological polar surface area (TPSA) is 34.1 Å². The highest BCUT2D eigenvalue weighted by Gasteiger charge is 1.93. The van der Waals surface area contributed by atoms with Crippen LogP contribution < -0.4 is 5.32 Å². The van der Waals surface area contributed by atoms with E-state index in [1.54, 1.807) is 0 Å². The number of nitrogens with one attached hydrogen (secondary N) is 1. The minimum atomic E-state index is 0.713. The molecule has 0 atom stereocenters. The summed E-state index contributed by atoms with van der Waals surface area (Å²) >= 11 is 3.30. The molecule has 0 aliphatic rings.